The molecule has 0 fully saturated rings. The van der Waals surface area contributed by atoms with E-state index in [0.29, 0.717) is 0 Å². The van der Waals surface area contributed by atoms with Crippen molar-refractivity contribution in [3.63, 3.8) is 0 Å². The number of hydrogen-bond acceptors (Lipinski definition) is 7. The van der Waals surface area contributed by atoms with Gasteiger partial charge in [0.15, 0.2) is 0 Å². The van der Waals surface area contributed by atoms with Crippen molar-refractivity contribution in [2.75, 3.05) is 14.2 Å². The topological polar surface area (TPSA) is 115 Å². The smallest absolute Gasteiger partial charge is 0.408 e. The Balaban J connectivity index is 4.98. The van der Waals surface area contributed by atoms with Gasteiger partial charge in [0.05, 0.1) is 26.2 Å². The minimum atomic E-state index is -1.11. The second-order valence-corrected chi connectivity index (χ2v) is 5.54. The van der Waals surface area contributed by atoms with Crippen LogP contribution in [0.15, 0.2) is 0 Å². The fourth-order valence-corrected chi connectivity index (χ4v) is 1.63. The Bertz CT molecular complexity index is 449. The highest BCUT2D eigenvalue weighted by atomic mass is 16.6. The van der Waals surface area contributed by atoms with Gasteiger partial charge in [0.25, 0.3) is 0 Å². The lowest BCUT2D eigenvalue weighted by Gasteiger charge is -2.23. The molecule has 0 heterocycles. The van der Waals surface area contributed by atoms with E-state index in [1.807, 2.05) is 6.07 Å². The van der Waals surface area contributed by atoms with E-state index >= 15 is 0 Å². The Morgan fingerprint density at radius 2 is 1.68 bits per heavy atom. The number of nitrogens with one attached hydrogen (secondary N) is 1. The van der Waals surface area contributed by atoms with Crippen LogP contribution in [-0.2, 0) is 23.8 Å². The number of rotatable bonds is 6. The maximum absolute atomic E-state index is 11.7. The van der Waals surface area contributed by atoms with Gasteiger partial charge in [-0.05, 0) is 27.2 Å². The van der Waals surface area contributed by atoms with Crippen LogP contribution in [0, 0.1) is 17.2 Å². The lowest BCUT2D eigenvalue weighted by molar-refractivity contribution is -0.148. The summed E-state index contributed by atoms with van der Waals surface area (Å²) in [5, 5.41) is 11.1. The molecule has 1 N–H and O–H groups in total. The Labute approximate surface area is 129 Å². The van der Waals surface area contributed by atoms with Gasteiger partial charge in [0.2, 0.25) is 0 Å². The molecule has 1 amide bonds. The molecule has 0 aromatic heterocycles. The molecule has 0 aliphatic heterocycles. The molecule has 8 heteroatoms. The number of methoxy groups -OCH3 is 2. The summed E-state index contributed by atoms with van der Waals surface area (Å²) in [6, 6.07) is 0.726. The van der Waals surface area contributed by atoms with Gasteiger partial charge < -0.3 is 19.5 Å². The van der Waals surface area contributed by atoms with E-state index in [-0.39, 0.29) is 12.8 Å². The van der Waals surface area contributed by atoms with E-state index in [0.717, 1.165) is 7.11 Å². The average Bonchev–Trinajstić information content (AvgIpc) is 2.42. The molecule has 2 atom stereocenters. The van der Waals surface area contributed by atoms with E-state index in [1.54, 1.807) is 20.8 Å². The molecule has 8 nitrogen and oxygen atoms in total. The lowest BCUT2D eigenvalue weighted by atomic mass is 9.97. The molecule has 0 spiro atoms. The van der Waals surface area contributed by atoms with Crippen LogP contribution in [0.3, 0.4) is 0 Å². The van der Waals surface area contributed by atoms with Gasteiger partial charge in [-0.15, -0.1) is 0 Å². The number of amides is 1. The number of ether oxygens (including phenoxy) is 3. The summed E-state index contributed by atoms with van der Waals surface area (Å²) in [7, 11) is 2.34. The van der Waals surface area contributed by atoms with Crippen LogP contribution in [-0.4, -0.2) is 43.9 Å². The van der Waals surface area contributed by atoms with Gasteiger partial charge in [-0.2, -0.15) is 5.26 Å². The van der Waals surface area contributed by atoms with Crippen LogP contribution >= 0.6 is 0 Å². The molecule has 0 saturated heterocycles. The van der Waals surface area contributed by atoms with E-state index < -0.39 is 35.6 Å². The number of alkyl carbamates (subject to hydrolysis) is 1. The minimum absolute atomic E-state index is 0.119. The first kappa shape index (κ1) is 19.7. The monoisotopic (exact) mass is 314 g/mol. The van der Waals surface area contributed by atoms with Crippen molar-refractivity contribution < 1.29 is 28.6 Å². The Morgan fingerprint density at radius 3 is 2.09 bits per heavy atom. The van der Waals surface area contributed by atoms with Gasteiger partial charge in [0.1, 0.15) is 11.6 Å². The van der Waals surface area contributed by atoms with Crippen LogP contribution < -0.4 is 5.32 Å². The third-order valence-electron chi connectivity index (χ3n) is 2.57. The molecule has 0 aliphatic carbocycles. The van der Waals surface area contributed by atoms with E-state index in [9.17, 15) is 14.4 Å². The van der Waals surface area contributed by atoms with E-state index in [4.69, 9.17) is 10.00 Å². The summed E-state index contributed by atoms with van der Waals surface area (Å²) in [6.07, 6.45) is -1.08. The van der Waals surface area contributed by atoms with Gasteiger partial charge >= 0.3 is 18.0 Å². The molecular weight excluding hydrogens is 292 g/mol. The fraction of sp³-hybridized carbons (Fsp3) is 0.714. The van der Waals surface area contributed by atoms with E-state index in [1.165, 1.54) is 7.11 Å². The standard InChI is InChI=1S/C14H22N2O6/c1-14(2,3)22-13(19)16-10(12(18)21-5)8-9(6-7-15)11(17)20-4/h9-10H,6,8H2,1-5H3,(H,16,19)/t9?,10-/m0/s1. The predicted molar refractivity (Wildman–Crippen MR) is 75.5 cm³/mol. The van der Waals surface area contributed by atoms with Crippen molar-refractivity contribution in [2.24, 2.45) is 5.92 Å². The lowest BCUT2D eigenvalue weighted by Crippen LogP contribution is -2.45. The summed E-state index contributed by atoms with van der Waals surface area (Å²) >= 11 is 0. The molecule has 124 valence electrons. The Hall–Kier alpha value is -2.30. The van der Waals surface area contributed by atoms with Crippen molar-refractivity contribution in [2.45, 2.75) is 45.3 Å². The van der Waals surface area contributed by atoms with Crippen LogP contribution in [0.2, 0.25) is 0 Å². The molecule has 0 bridgehead atoms. The number of carbonyl (C=O) groups is 3. The highest BCUT2D eigenvalue weighted by Crippen LogP contribution is 2.15. The summed E-state index contributed by atoms with van der Waals surface area (Å²) in [5.74, 6) is -2.23. The molecule has 0 rings (SSSR count). The zero-order chi connectivity index (χ0) is 17.3. The third kappa shape index (κ3) is 7.47. The van der Waals surface area contributed by atoms with Crippen LogP contribution in [0.4, 0.5) is 4.79 Å². The summed E-state index contributed by atoms with van der Waals surface area (Å²) in [6.45, 7) is 5.02. The second-order valence-electron chi connectivity index (χ2n) is 5.54. The van der Waals surface area contributed by atoms with Crippen LogP contribution in [0.5, 0.6) is 0 Å². The number of carbonyl (C=O) groups excluding carboxylic acids is 3. The minimum Gasteiger partial charge on any atom is -0.469 e. The molecule has 1 unspecified atom stereocenters. The normalized spacial score (nSPS) is 13.3. The Kier molecular flexibility index (Phi) is 7.94. The second kappa shape index (κ2) is 8.87. The predicted octanol–water partition coefficient (Wildman–Crippen LogP) is 1.15. The number of nitriles is 1. The van der Waals surface area contributed by atoms with Gasteiger partial charge in [-0.25, -0.2) is 9.59 Å². The first-order chi connectivity index (χ1) is 10.1. The quantitative estimate of drug-likeness (QED) is 0.577. The fourth-order valence-electron chi connectivity index (χ4n) is 1.63. The number of esters is 2. The molecule has 0 aliphatic rings. The number of hydrogen-bond donors (Lipinski definition) is 1. The summed E-state index contributed by atoms with van der Waals surface area (Å²) in [4.78, 5) is 35.1. The van der Waals surface area contributed by atoms with Crippen LogP contribution in [0.25, 0.3) is 0 Å². The van der Waals surface area contributed by atoms with Crippen molar-refractivity contribution in [3.8, 4) is 6.07 Å². The van der Waals surface area contributed by atoms with Gasteiger partial charge in [0, 0.05) is 6.42 Å². The molecule has 22 heavy (non-hydrogen) atoms. The summed E-state index contributed by atoms with van der Waals surface area (Å²) in [5.41, 5.74) is -0.737. The van der Waals surface area contributed by atoms with Crippen molar-refractivity contribution in [3.05, 3.63) is 0 Å². The largest absolute Gasteiger partial charge is 0.469 e. The zero-order valence-electron chi connectivity index (χ0n) is 13.5. The molecule has 0 aromatic rings. The maximum Gasteiger partial charge on any atom is 0.408 e. The van der Waals surface area contributed by atoms with E-state index in [2.05, 4.69) is 14.8 Å². The first-order valence-electron chi connectivity index (χ1n) is 6.66. The molecule has 0 saturated carbocycles. The van der Waals surface area contributed by atoms with Crippen molar-refractivity contribution in [1.82, 2.24) is 5.32 Å². The molecular formula is C14H22N2O6. The van der Waals surface area contributed by atoms with Gasteiger partial charge in [-0.3, -0.25) is 4.79 Å². The van der Waals surface area contributed by atoms with Crippen molar-refractivity contribution >= 4 is 18.0 Å². The molecule has 0 aromatic carbocycles. The highest BCUT2D eigenvalue weighted by Gasteiger charge is 2.31. The van der Waals surface area contributed by atoms with Crippen LogP contribution in [0.1, 0.15) is 33.6 Å². The number of nitrogens with zero attached hydrogens (tertiary/aromatic N) is 1. The average molecular weight is 314 g/mol. The Morgan fingerprint density at radius 1 is 1.14 bits per heavy atom. The zero-order valence-corrected chi connectivity index (χ0v) is 13.5. The first-order valence-corrected chi connectivity index (χ1v) is 6.66. The molecule has 0 radical (unpaired) electrons. The highest BCUT2D eigenvalue weighted by molar-refractivity contribution is 5.82. The van der Waals surface area contributed by atoms with Crippen molar-refractivity contribution in [1.29, 1.82) is 5.26 Å². The summed E-state index contributed by atoms with van der Waals surface area (Å²) < 4.78 is 14.2. The maximum atomic E-state index is 11.7. The SMILES string of the molecule is COC(=O)C(CC#N)C[C@H](NC(=O)OC(C)(C)C)C(=O)OC. The third-order valence-corrected chi connectivity index (χ3v) is 2.57. The van der Waals surface area contributed by atoms with Gasteiger partial charge in [-0.1, -0.05) is 0 Å².